The summed E-state index contributed by atoms with van der Waals surface area (Å²) in [6, 6.07) is 0. The molecule has 0 radical (unpaired) electrons. The number of allylic oxidation sites excluding steroid dienone is 4. The lowest BCUT2D eigenvalue weighted by atomic mass is 9.61. The molecule has 0 amide bonds. The number of carbonyl (C=O) groups is 4. The molecule has 0 saturated heterocycles. The van der Waals surface area contributed by atoms with Crippen LogP contribution in [0.25, 0.3) is 0 Å². The van der Waals surface area contributed by atoms with Crippen LogP contribution in [0.2, 0.25) is 0 Å². The Labute approximate surface area is 166 Å². The van der Waals surface area contributed by atoms with Gasteiger partial charge in [0.05, 0.1) is 23.7 Å². The molecule has 12 unspecified atom stereocenters. The van der Waals surface area contributed by atoms with Crippen molar-refractivity contribution >= 4 is 23.9 Å². The zero-order chi connectivity index (χ0) is 20.2. The zero-order valence-electron chi connectivity index (χ0n) is 15.6. The molecule has 0 aliphatic heterocycles. The van der Waals surface area contributed by atoms with E-state index in [0.29, 0.717) is 23.7 Å². The van der Waals surface area contributed by atoms with Gasteiger partial charge in [0.1, 0.15) is 0 Å². The maximum absolute atomic E-state index is 13.0. The van der Waals surface area contributed by atoms with E-state index in [1.165, 1.54) is 0 Å². The summed E-state index contributed by atoms with van der Waals surface area (Å²) >= 11 is 0. The Hall–Kier alpha value is -2.44. The first-order valence-corrected chi connectivity index (χ1v) is 10.5. The van der Waals surface area contributed by atoms with E-state index in [2.05, 4.69) is 0 Å². The van der Waals surface area contributed by atoms with E-state index >= 15 is 0 Å². The molecule has 0 aromatic carbocycles. The summed E-state index contributed by atoms with van der Waals surface area (Å²) in [5.74, 6) is -6.75. The summed E-state index contributed by atoms with van der Waals surface area (Å²) in [5, 5.41) is 19.5. The van der Waals surface area contributed by atoms with E-state index in [1.807, 2.05) is 24.3 Å². The Kier molecular flexibility index (Phi) is 3.35. The fraction of sp³-hybridized carbons (Fsp3) is 0.636. The van der Waals surface area contributed by atoms with Gasteiger partial charge in [-0.3, -0.25) is 19.2 Å². The molecule has 29 heavy (non-hydrogen) atoms. The smallest absolute Gasteiger partial charge is 0.318 e. The molecular weight excluding hydrogens is 376 g/mol. The van der Waals surface area contributed by atoms with Gasteiger partial charge < -0.3 is 14.9 Å². The van der Waals surface area contributed by atoms with Crippen molar-refractivity contribution in [2.24, 2.45) is 71.0 Å². The van der Waals surface area contributed by atoms with Crippen molar-refractivity contribution in [2.75, 3.05) is 0 Å². The molecule has 4 saturated carbocycles. The van der Waals surface area contributed by atoms with E-state index < -0.39 is 47.5 Å². The predicted molar refractivity (Wildman–Crippen MR) is 95.8 cm³/mol. The number of hydrogen-bond acceptors (Lipinski definition) is 5. The molecule has 0 heterocycles. The fourth-order valence-corrected chi connectivity index (χ4v) is 7.31. The standard InChI is InChI=1S/C22H22O7/c23-19(24)15-7-1-3-9(13-5-11(7)13)17(15)21(27)29-22(28)18-10-4-2-8(12-6-14(10)12)16(18)20(25)26/h1-4,7-18H,5-6H2,(H,23,24)(H,25,26). The Bertz CT molecular complexity index is 831. The molecule has 12 atom stereocenters. The number of rotatable bonds is 4. The van der Waals surface area contributed by atoms with Crippen LogP contribution in [0.1, 0.15) is 12.8 Å². The number of fused-ring (bicyclic) bond motifs is 2. The van der Waals surface area contributed by atoms with Crippen molar-refractivity contribution in [1.29, 1.82) is 0 Å². The molecule has 4 bridgehead atoms. The third-order valence-electron chi connectivity index (χ3n) is 8.62. The molecule has 8 rings (SSSR count). The average molecular weight is 398 g/mol. The van der Waals surface area contributed by atoms with E-state index in [1.54, 1.807) is 0 Å². The number of esters is 2. The fourth-order valence-electron chi connectivity index (χ4n) is 7.31. The Morgan fingerprint density at radius 1 is 0.586 bits per heavy atom. The normalized spacial score (nSPS) is 51.7. The highest BCUT2D eigenvalue weighted by Crippen LogP contribution is 2.65. The van der Waals surface area contributed by atoms with Gasteiger partial charge in [-0.15, -0.1) is 0 Å². The Morgan fingerprint density at radius 3 is 1.21 bits per heavy atom. The van der Waals surface area contributed by atoms with Crippen LogP contribution in [0, 0.1) is 71.0 Å². The summed E-state index contributed by atoms with van der Waals surface area (Å²) in [4.78, 5) is 49.8. The van der Waals surface area contributed by atoms with Crippen LogP contribution in [0.3, 0.4) is 0 Å². The van der Waals surface area contributed by atoms with Crippen LogP contribution in [-0.2, 0) is 23.9 Å². The SMILES string of the molecule is O=C(O)C1C2C=CC(C3CC23)C1C(=O)OC(=O)C1C2C=CC(C3CC23)C1C(=O)O. The minimum absolute atomic E-state index is 0.192. The highest BCUT2D eigenvalue weighted by Gasteiger charge is 2.65. The largest absolute Gasteiger partial charge is 0.481 e. The Morgan fingerprint density at radius 2 is 0.897 bits per heavy atom. The minimum atomic E-state index is -1.03. The molecular formula is C22H22O7. The van der Waals surface area contributed by atoms with Crippen LogP contribution < -0.4 is 0 Å². The lowest BCUT2D eigenvalue weighted by Crippen LogP contribution is -2.50. The summed E-state index contributed by atoms with van der Waals surface area (Å²) in [6.07, 6.45) is 9.45. The van der Waals surface area contributed by atoms with E-state index in [0.717, 1.165) is 12.8 Å². The Balaban J connectivity index is 1.25. The molecule has 8 aliphatic rings. The number of carboxylic acids is 2. The number of carboxylic acid groups (broad SMARTS) is 2. The highest BCUT2D eigenvalue weighted by atomic mass is 16.6. The van der Waals surface area contributed by atoms with Crippen molar-refractivity contribution in [1.82, 2.24) is 0 Å². The molecule has 0 aromatic heterocycles. The lowest BCUT2D eigenvalue weighted by Gasteiger charge is -2.42. The van der Waals surface area contributed by atoms with Crippen LogP contribution in [-0.4, -0.2) is 34.1 Å². The van der Waals surface area contributed by atoms with Crippen molar-refractivity contribution in [3.8, 4) is 0 Å². The average Bonchev–Trinajstić information content (AvgIpc) is 3.59. The monoisotopic (exact) mass is 398 g/mol. The number of hydrogen-bond donors (Lipinski definition) is 2. The predicted octanol–water partition coefficient (Wildman–Crippen LogP) is 1.59. The highest BCUT2D eigenvalue weighted by molar-refractivity contribution is 5.93. The maximum Gasteiger partial charge on any atom is 0.318 e. The van der Waals surface area contributed by atoms with E-state index in [-0.39, 0.29) is 23.7 Å². The number of carbonyl (C=O) groups excluding carboxylic acids is 2. The molecule has 8 aliphatic carbocycles. The second-order valence-electron chi connectivity index (χ2n) is 9.73. The van der Waals surface area contributed by atoms with Gasteiger partial charge in [-0.05, 0) is 60.2 Å². The summed E-state index contributed by atoms with van der Waals surface area (Å²) in [7, 11) is 0. The van der Waals surface area contributed by atoms with Gasteiger partial charge in [-0.2, -0.15) is 0 Å². The van der Waals surface area contributed by atoms with Gasteiger partial charge in [0.2, 0.25) is 0 Å². The lowest BCUT2D eigenvalue weighted by molar-refractivity contribution is -0.179. The van der Waals surface area contributed by atoms with Crippen molar-refractivity contribution in [3.63, 3.8) is 0 Å². The van der Waals surface area contributed by atoms with E-state index in [9.17, 15) is 29.4 Å². The second kappa shape index (κ2) is 5.58. The van der Waals surface area contributed by atoms with E-state index in [4.69, 9.17) is 4.74 Å². The van der Waals surface area contributed by atoms with Gasteiger partial charge in [-0.25, -0.2) is 0 Å². The van der Waals surface area contributed by atoms with Gasteiger partial charge in [0, 0.05) is 0 Å². The number of ether oxygens (including phenoxy) is 1. The van der Waals surface area contributed by atoms with Crippen LogP contribution >= 0.6 is 0 Å². The van der Waals surface area contributed by atoms with Crippen LogP contribution in [0.4, 0.5) is 0 Å². The molecule has 0 aromatic rings. The summed E-state index contributed by atoms with van der Waals surface area (Å²) in [5.41, 5.74) is 0. The van der Waals surface area contributed by atoms with Gasteiger partial charge >= 0.3 is 23.9 Å². The van der Waals surface area contributed by atoms with Crippen molar-refractivity contribution in [2.45, 2.75) is 12.8 Å². The first kappa shape index (κ1) is 17.4. The number of aliphatic carboxylic acids is 2. The summed E-state index contributed by atoms with van der Waals surface area (Å²) < 4.78 is 5.26. The van der Waals surface area contributed by atoms with Gasteiger partial charge in [0.15, 0.2) is 0 Å². The zero-order valence-corrected chi connectivity index (χ0v) is 15.6. The third-order valence-corrected chi connectivity index (χ3v) is 8.62. The van der Waals surface area contributed by atoms with Crippen molar-refractivity contribution in [3.05, 3.63) is 24.3 Å². The molecule has 7 nitrogen and oxygen atoms in total. The van der Waals surface area contributed by atoms with Crippen LogP contribution in [0.5, 0.6) is 0 Å². The molecule has 2 N–H and O–H groups in total. The minimum Gasteiger partial charge on any atom is -0.481 e. The first-order valence-electron chi connectivity index (χ1n) is 10.5. The van der Waals surface area contributed by atoms with Crippen LogP contribution in [0.15, 0.2) is 24.3 Å². The topological polar surface area (TPSA) is 118 Å². The van der Waals surface area contributed by atoms with Gasteiger partial charge in [0.25, 0.3) is 0 Å². The third kappa shape index (κ3) is 2.24. The molecule has 4 fully saturated rings. The van der Waals surface area contributed by atoms with Crippen molar-refractivity contribution < 1.29 is 34.1 Å². The molecule has 7 heteroatoms. The van der Waals surface area contributed by atoms with Gasteiger partial charge in [-0.1, -0.05) is 24.3 Å². The maximum atomic E-state index is 13.0. The quantitative estimate of drug-likeness (QED) is 0.419. The summed E-state index contributed by atoms with van der Waals surface area (Å²) in [6.45, 7) is 0. The molecule has 152 valence electrons. The first-order chi connectivity index (χ1) is 13.9. The molecule has 0 spiro atoms. The second-order valence-corrected chi connectivity index (χ2v) is 9.73.